The second kappa shape index (κ2) is 15.3. The van der Waals surface area contributed by atoms with E-state index in [4.69, 9.17) is 14.2 Å². The molecule has 2 amide bonds. The summed E-state index contributed by atoms with van der Waals surface area (Å²) in [6.45, 7) is 5.12. The van der Waals surface area contributed by atoms with Gasteiger partial charge in [0.15, 0.2) is 0 Å². The Kier molecular flexibility index (Phi) is 11.8. The van der Waals surface area contributed by atoms with E-state index < -0.39 is 28.5 Å². The zero-order chi connectivity index (χ0) is 31.6. The van der Waals surface area contributed by atoms with E-state index in [0.717, 1.165) is 9.87 Å². The Hall–Kier alpha value is -4.25. The summed E-state index contributed by atoms with van der Waals surface area (Å²) in [6, 6.07) is 18.8. The largest absolute Gasteiger partial charge is 0.497 e. The Morgan fingerprint density at radius 3 is 2.12 bits per heavy atom. The van der Waals surface area contributed by atoms with Crippen LogP contribution >= 0.6 is 0 Å². The summed E-state index contributed by atoms with van der Waals surface area (Å²) in [5.74, 6) is 0.317. The number of carbonyl (C=O) groups is 2. The van der Waals surface area contributed by atoms with Crippen LogP contribution in [-0.4, -0.2) is 65.1 Å². The number of hydrogen-bond acceptors (Lipinski definition) is 7. The molecule has 0 aliphatic heterocycles. The molecule has 0 bridgehead atoms. The minimum absolute atomic E-state index is 0.00595. The number of nitrogens with zero attached hydrogens (tertiary/aromatic N) is 2. The molecule has 0 saturated heterocycles. The lowest BCUT2D eigenvalue weighted by molar-refractivity contribution is -0.140. The first kappa shape index (κ1) is 33.3. The van der Waals surface area contributed by atoms with Crippen molar-refractivity contribution in [2.75, 3.05) is 32.2 Å². The molecule has 3 aromatic carbocycles. The molecular weight excluding hydrogens is 570 g/mol. The van der Waals surface area contributed by atoms with Gasteiger partial charge in [0.05, 0.1) is 31.9 Å². The monoisotopic (exact) mass is 611 g/mol. The minimum Gasteiger partial charge on any atom is -0.497 e. The van der Waals surface area contributed by atoms with Crippen LogP contribution in [0.2, 0.25) is 0 Å². The summed E-state index contributed by atoms with van der Waals surface area (Å²) < 4.78 is 45.5. The predicted octanol–water partition coefficient (Wildman–Crippen LogP) is 4.63. The second-order valence-electron chi connectivity index (χ2n) is 9.98. The van der Waals surface area contributed by atoms with Crippen molar-refractivity contribution in [3.63, 3.8) is 0 Å². The lowest BCUT2D eigenvalue weighted by atomic mass is 10.1. The first-order valence-corrected chi connectivity index (χ1v) is 15.6. The van der Waals surface area contributed by atoms with Crippen LogP contribution in [-0.2, 0) is 26.2 Å². The fourth-order valence-corrected chi connectivity index (χ4v) is 5.99. The van der Waals surface area contributed by atoms with Gasteiger partial charge in [-0.2, -0.15) is 0 Å². The van der Waals surface area contributed by atoms with Gasteiger partial charge in [-0.05, 0) is 61.7 Å². The van der Waals surface area contributed by atoms with E-state index in [1.54, 1.807) is 55.6 Å². The van der Waals surface area contributed by atoms with Gasteiger partial charge in [0.2, 0.25) is 11.8 Å². The van der Waals surface area contributed by atoms with Gasteiger partial charge in [-0.15, -0.1) is 0 Å². The molecular formula is C32H41N3O7S. The van der Waals surface area contributed by atoms with Gasteiger partial charge >= 0.3 is 0 Å². The average Bonchev–Trinajstić information content (AvgIpc) is 3.03. The summed E-state index contributed by atoms with van der Waals surface area (Å²) in [4.78, 5) is 29.2. The molecule has 0 aliphatic carbocycles. The highest BCUT2D eigenvalue weighted by molar-refractivity contribution is 7.92. The molecule has 232 valence electrons. The lowest BCUT2D eigenvalue weighted by Gasteiger charge is -2.34. The first-order valence-electron chi connectivity index (χ1n) is 14.1. The predicted molar refractivity (Wildman–Crippen MR) is 166 cm³/mol. The van der Waals surface area contributed by atoms with Gasteiger partial charge in [0, 0.05) is 18.7 Å². The third-order valence-electron chi connectivity index (χ3n) is 7.14. The van der Waals surface area contributed by atoms with Crippen LogP contribution in [0.1, 0.15) is 39.2 Å². The Morgan fingerprint density at radius 1 is 0.837 bits per heavy atom. The zero-order valence-electron chi connectivity index (χ0n) is 25.6. The SMILES string of the molecule is CC[C@@H](C)NC(=O)[C@H](CC)N(Cc1cccc(OC)c1)C(=O)CN(c1cc(OC)ccc1OC)S(=O)(=O)c1ccccc1. The molecule has 11 heteroatoms. The zero-order valence-corrected chi connectivity index (χ0v) is 26.4. The van der Waals surface area contributed by atoms with Crippen molar-refractivity contribution in [3.8, 4) is 17.2 Å². The number of methoxy groups -OCH3 is 3. The third kappa shape index (κ3) is 8.19. The number of amides is 2. The highest BCUT2D eigenvalue weighted by atomic mass is 32.2. The summed E-state index contributed by atoms with van der Waals surface area (Å²) in [5.41, 5.74) is 0.844. The van der Waals surface area contributed by atoms with Crippen molar-refractivity contribution < 1.29 is 32.2 Å². The van der Waals surface area contributed by atoms with E-state index in [1.807, 2.05) is 26.8 Å². The Bertz CT molecular complexity index is 1480. The number of carbonyl (C=O) groups excluding carboxylic acids is 2. The highest BCUT2D eigenvalue weighted by Gasteiger charge is 2.35. The van der Waals surface area contributed by atoms with E-state index in [9.17, 15) is 18.0 Å². The van der Waals surface area contributed by atoms with Crippen molar-refractivity contribution in [2.24, 2.45) is 0 Å². The number of ether oxygens (including phenoxy) is 3. The molecule has 0 aliphatic rings. The summed E-state index contributed by atoms with van der Waals surface area (Å²) in [5, 5.41) is 2.97. The molecule has 0 saturated carbocycles. The maximum absolute atomic E-state index is 14.3. The summed E-state index contributed by atoms with van der Waals surface area (Å²) in [6.07, 6.45) is 1.02. The number of nitrogens with one attached hydrogen (secondary N) is 1. The van der Waals surface area contributed by atoms with E-state index in [1.165, 1.54) is 37.3 Å². The van der Waals surface area contributed by atoms with Gasteiger partial charge in [-0.3, -0.25) is 13.9 Å². The molecule has 0 aromatic heterocycles. The first-order chi connectivity index (χ1) is 20.6. The van der Waals surface area contributed by atoms with Crippen LogP contribution in [0.5, 0.6) is 17.2 Å². The summed E-state index contributed by atoms with van der Waals surface area (Å²) in [7, 11) is 0.157. The molecule has 43 heavy (non-hydrogen) atoms. The van der Waals surface area contributed by atoms with E-state index >= 15 is 0 Å². The molecule has 0 radical (unpaired) electrons. The topological polar surface area (TPSA) is 114 Å². The van der Waals surface area contributed by atoms with Crippen LogP contribution in [0.4, 0.5) is 5.69 Å². The standard InChI is InChI=1S/C32H41N3O7S/c1-7-23(3)33-32(37)28(8-2)34(21-24-13-12-14-25(19-24)40-4)31(36)22-35(43(38,39)27-15-10-9-11-16-27)29-20-26(41-5)17-18-30(29)42-6/h9-20,23,28H,7-8,21-22H2,1-6H3,(H,33,37)/t23-,28+/m1/s1. The number of hydrogen-bond donors (Lipinski definition) is 1. The van der Waals surface area contributed by atoms with Crippen LogP contribution < -0.4 is 23.8 Å². The third-order valence-corrected chi connectivity index (χ3v) is 8.91. The molecule has 2 atom stereocenters. The van der Waals surface area contributed by atoms with E-state index in [0.29, 0.717) is 24.3 Å². The molecule has 10 nitrogen and oxygen atoms in total. The number of benzene rings is 3. The second-order valence-corrected chi connectivity index (χ2v) is 11.8. The van der Waals surface area contributed by atoms with Gasteiger partial charge in [0.25, 0.3) is 10.0 Å². The van der Waals surface area contributed by atoms with E-state index in [2.05, 4.69) is 5.32 Å². The summed E-state index contributed by atoms with van der Waals surface area (Å²) >= 11 is 0. The normalized spacial score (nSPS) is 12.5. The lowest BCUT2D eigenvalue weighted by Crippen LogP contribution is -2.53. The molecule has 0 fully saturated rings. The van der Waals surface area contributed by atoms with Crippen LogP contribution in [0, 0.1) is 0 Å². The maximum Gasteiger partial charge on any atom is 0.264 e. The maximum atomic E-state index is 14.3. The Balaban J connectivity index is 2.14. The number of rotatable bonds is 15. The smallest absolute Gasteiger partial charge is 0.264 e. The van der Waals surface area contributed by atoms with Gasteiger partial charge in [0.1, 0.15) is 29.8 Å². The van der Waals surface area contributed by atoms with Crippen molar-refractivity contribution in [3.05, 3.63) is 78.4 Å². The molecule has 3 aromatic rings. The van der Waals surface area contributed by atoms with Crippen molar-refractivity contribution in [1.29, 1.82) is 0 Å². The Morgan fingerprint density at radius 2 is 1.51 bits per heavy atom. The molecule has 0 unspecified atom stereocenters. The van der Waals surface area contributed by atoms with E-state index in [-0.39, 0.29) is 34.8 Å². The van der Waals surface area contributed by atoms with Crippen molar-refractivity contribution >= 4 is 27.5 Å². The number of anilines is 1. The average molecular weight is 612 g/mol. The van der Waals surface area contributed by atoms with Crippen molar-refractivity contribution in [1.82, 2.24) is 10.2 Å². The minimum atomic E-state index is -4.27. The van der Waals surface area contributed by atoms with Crippen LogP contribution in [0.15, 0.2) is 77.7 Å². The molecule has 3 rings (SSSR count). The Labute approximate surface area is 254 Å². The quantitative estimate of drug-likeness (QED) is 0.267. The fraction of sp³-hybridized carbons (Fsp3) is 0.375. The van der Waals surface area contributed by atoms with Gasteiger partial charge in [-0.25, -0.2) is 8.42 Å². The highest BCUT2D eigenvalue weighted by Crippen LogP contribution is 2.36. The van der Waals surface area contributed by atoms with Gasteiger partial charge < -0.3 is 24.4 Å². The molecule has 1 N–H and O–H groups in total. The molecule has 0 spiro atoms. The molecule has 0 heterocycles. The number of sulfonamides is 1. The van der Waals surface area contributed by atoms with Gasteiger partial charge in [-0.1, -0.05) is 44.2 Å². The van der Waals surface area contributed by atoms with Crippen LogP contribution in [0.3, 0.4) is 0 Å². The fourth-order valence-electron chi connectivity index (χ4n) is 4.55. The van der Waals surface area contributed by atoms with Crippen molar-refractivity contribution in [2.45, 2.75) is 57.1 Å². The van der Waals surface area contributed by atoms with Crippen LogP contribution in [0.25, 0.3) is 0 Å².